The average molecular weight is 345 g/mol. The van der Waals surface area contributed by atoms with Crippen molar-refractivity contribution in [3.8, 4) is 5.75 Å². The number of ether oxygens (including phenoxy) is 1. The maximum absolute atomic E-state index is 12.7. The average Bonchev–Trinajstić information content (AvgIpc) is 2.60. The number of rotatable bonds is 5. The number of hydrogen-bond acceptors (Lipinski definition) is 3. The molecule has 0 aromatic heterocycles. The van der Waals surface area contributed by atoms with Crippen LogP contribution in [0.1, 0.15) is 35.1 Å². The minimum absolute atomic E-state index is 0.234. The van der Waals surface area contributed by atoms with E-state index in [9.17, 15) is 8.42 Å². The highest BCUT2D eigenvalue weighted by Crippen LogP contribution is 2.31. The van der Waals surface area contributed by atoms with Crippen molar-refractivity contribution in [3.63, 3.8) is 0 Å². The van der Waals surface area contributed by atoms with Gasteiger partial charge in [-0.05, 0) is 61.4 Å². The zero-order chi connectivity index (χ0) is 17.2. The second-order valence-corrected chi connectivity index (χ2v) is 8.02. The molecule has 5 heteroatoms. The van der Waals surface area contributed by atoms with E-state index in [-0.39, 0.29) is 11.4 Å². The van der Waals surface area contributed by atoms with E-state index in [1.165, 1.54) is 12.7 Å². The predicted octanol–water partition coefficient (Wildman–Crippen LogP) is 3.36. The van der Waals surface area contributed by atoms with Gasteiger partial charge in [-0.15, -0.1) is 0 Å². The summed E-state index contributed by atoms with van der Waals surface area (Å²) in [6.07, 6.45) is 4.17. The number of nitrogens with one attached hydrogen (secondary N) is 1. The first kappa shape index (κ1) is 17.0. The number of aryl methyl sites for hydroxylation is 3. The normalized spacial score (nSPS) is 14.2. The summed E-state index contributed by atoms with van der Waals surface area (Å²) in [6.45, 7) is 2.27. The Morgan fingerprint density at radius 2 is 1.67 bits per heavy atom. The van der Waals surface area contributed by atoms with Gasteiger partial charge in [0.05, 0.1) is 7.11 Å². The van der Waals surface area contributed by atoms with Gasteiger partial charge in [-0.3, -0.25) is 0 Å². The van der Waals surface area contributed by atoms with Crippen LogP contribution in [0.2, 0.25) is 0 Å². The summed E-state index contributed by atoms with van der Waals surface area (Å²) >= 11 is 0. The lowest BCUT2D eigenvalue weighted by Crippen LogP contribution is -2.24. The van der Waals surface area contributed by atoms with Crippen LogP contribution in [0.5, 0.6) is 5.75 Å². The first-order valence-electron chi connectivity index (χ1n) is 8.24. The quantitative estimate of drug-likeness (QED) is 0.904. The summed E-state index contributed by atoms with van der Waals surface area (Å²) in [5, 5.41) is 0. The van der Waals surface area contributed by atoms with Crippen molar-refractivity contribution in [2.75, 3.05) is 7.11 Å². The lowest BCUT2D eigenvalue weighted by molar-refractivity contribution is 0.401. The van der Waals surface area contributed by atoms with Crippen molar-refractivity contribution in [1.82, 2.24) is 4.72 Å². The summed E-state index contributed by atoms with van der Waals surface area (Å²) in [4.78, 5) is 0.234. The topological polar surface area (TPSA) is 55.4 Å². The van der Waals surface area contributed by atoms with Crippen molar-refractivity contribution < 1.29 is 13.2 Å². The molecule has 0 amide bonds. The minimum Gasteiger partial charge on any atom is -0.495 e. The van der Waals surface area contributed by atoms with Gasteiger partial charge in [0.25, 0.3) is 0 Å². The molecule has 0 aliphatic heterocycles. The molecule has 1 N–H and O–H groups in total. The van der Waals surface area contributed by atoms with Crippen LogP contribution in [0.4, 0.5) is 0 Å². The Labute approximate surface area is 143 Å². The van der Waals surface area contributed by atoms with Gasteiger partial charge in [0, 0.05) is 6.54 Å². The molecule has 0 atom stereocenters. The predicted molar refractivity (Wildman–Crippen MR) is 94.8 cm³/mol. The van der Waals surface area contributed by atoms with Crippen LogP contribution in [0.15, 0.2) is 41.3 Å². The minimum atomic E-state index is -3.62. The van der Waals surface area contributed by atoms with E-state index in [1.54, 1.807) is 6.07 Å². The van der Waals surface area contributed by atoms with E-state index in [0.717, 1.165) is 42.4 Å². The van der Waals surface area contributed by atoms with Gasteiger partial charge in [-0.25, -0.2) is 13.1 Å². The molecular weight excluding hydrogens is 322 g/mol. The molecule has 4 nitrogen and oxygen atoms in total. The lowest BCUT2D eigenvalue weighted by Gasteiger charge is -2.19. The van der Waals surface area contributed by atoms with Gasteiger partial charge in [0.1, 0.15) is 10.6 Å². The van der Waals surface area contributed by atoms with Gasteiger partial charge >= 0.3 is 0 Å². The fourth-order valence-corrected chi connectivity index (χ4v) is 4.29. The zero-order valence-corrected chi connectivity index (χ0v) is 14.9. The smallest absolute Gasteiger partial charge is 0.244 e. The number of fused-ring (bicyclic) bond motifs is 1. The molecule has 0 fully saturated rings. The Hall–Kier alpha value is -1.85. The van der Waals surface area contributed by atoms with Crippen LogP contribution in [-0.4, -0.2) is 15.5 Å². The zero-order valence-electron chi connectivity index (χ0n) is 14.1. The highest BCUT2D eigenvalue weighted by atomic mass is 32.2. The van der Waals surface area contributed by atoms with Crippen molar-refractivity contribution in [2.24, 2.45) is 0 Å². The van der Waals surface area contributed by atoms with Gasteiger partial charge in [0.2, 0.25) is 10.0 Å². The highest BCUT2D eigenvalue weighted by Gasteiger charge is 2.23. The van der Waals surface area contributed by atoms with Crippen LogP contribution in [0.25, 0.3) is 0 Å². The molecule has 24 heavy (non-hydrogen) atoms. The monoisotopic (exact) mass is 345 g/mol. The third-order valence-corrected chi connectivity index (χ3v) is 5.93. The summed E-state index contributed by atoms with van der Waals surface area (Å²) in [6, 6.07) is 11.5. The Kier molecular flexibility index (Phi) is 4.92. The number of benzene rings is 2. The van der Waals surface area contributed by atoms with Crippen molar-refractivity contribution in [3.05, 3.63) is 58.7 Å². The molecule has 0 saturated carbocycles. The Bertz CT molecular complexity index is 826. The van der Waals surface area contributed by atoms with Crippen LogP contribution >= 0.6 is 0 Å². The van der Waals surface area contributed by atoms with E-state index in [2.05, 4.69) is 4.72 Å². The Morgan fingerprint density at radius 1 is 1.04 bits per heavy atom. The first-order valence-corrected chi connectivity index (χ1v) is 9.73. The van der Waals surface area contributed by atoms with Gasteiger partial charge in [-0.2, -0.15) is 0 Å². The molecule has 0 spiro atoms. The second kappa shape index (κ2) is 6.95. The number of sulfonamides is 1. The van der Waals surface area contributed by atoms with Crippen molar-refractivity contribution in [1.29, 1.82) is 0 Å². The molecule has 0 bridgehead atoms. The number of hydrogen-bond donors (Lipinski definition) is 1. The third-order valence-electron chi connectivity index (χ3n) is 4.50. The lowest BCUT2D eigenvalue weighted by atomic mass is 9.92. The molecule has 2 aromatic rings. The Balaban J connectivity index is 1.86. The van der Waals surface area contributed by atoms with E-state index in [0.29, 0.717) is 5.75 Å². The number of methoxy groups -OCH3 is 1. The molecular formula is C19H23NO3S. The molecule has 1 aliphatic carbocycles. The Morgan fingerprint density at radius 3 is 2.29 bits per heavy atom. The van der Waals surface area contributed by atoms with E-state index >= 15 is 0 Å². The third kappa shape index (κ3) is 3.62. The maximum Gasteiger partial charge on any atom is 0.244 e. The fourth-order valence-electron chi connectivity index (χ4n) is 3.07. The van der Waals surface area contributed by atoms with Crippen LogP contribution in [0, 0.1) is 6.92 Å². The molecule has 3 rings (SSSR count). The van der Waals surface area contributed by atoms with Gasteiger partial charge in [-0.1, -0.05) is 29.8 Å². The summed E-state index contributed by atoms with van der Waals surface area (Å²) in [5.74, 6) is 0.423. The van der Waals surface area contributed by atoms with Crippen molar-refractivity contribution >= 4 is 10.0 Å². The fraction of sp³-hybridized carbons (Fsp3) is 0.368. The van der Waals surface area contributed by atoms with E-state index in [1.807, 2.05) is 37.3 Å². The first-order chi connectivity index (χ1) is 11.5. The SMILES string of the molecule is COc1cc2c(cc1S(=O)(=O)NCc1ccc(C)cc1)CCCC2. The molecule has 2 aromatic carbocycles. The second-order valence-electron chi connectivity index (χ2n) is 6.29. The highest BCUT2D eigenvalue weighted by molar-refractivity contribution is 7.89. The summed E-state index contributed by atoms with van der Waals surface area (Å²) in [7, 11) is -2.10. The standard InChI is InChI=1S/C19H23NO3S/c1-14-7-9-15(10-8-14)13-20-24(21,22)19-12-17-6-4-3-5-16(17)11-18(19)23-2/h7-12,20H,3-6,13H2,1-2H3. The molecule has 0 heterocycles. The van der Waals surface area contributed by atoms with Gasteiger partial charge in [0.15, 0.2) is 0 Å². The van der Waals surface area contributed by atoms with E-state index < -0.39 is 10.0 Å². The van der Waals surface area contributed by atoms with Crippen LogP contribution in [-0.2, 0) is 29.4 Å². The molecule has 1 aliphatic rings. The van der Waals surface area contributed by atoms with Crippen molar-refractivity contribution in [2.45, 2.75) is 44.0 Å². The largest absolute Gasteiger partial charge is 0.495 e. The molecule has 0 saturated heterocycles. The van der Waals surface area contributed by atoms with Crippen LogP contribution in [0.3, 0.4) is 0 Å². The van der Waals surface area contributed by atoms with Gasteiger partial charge < -0.3 is 4.74 Å². The molecule has 0 radical (unpaired) electrons. The summed E-state index contributed by atoms with van der Waals surface area (Å²) < 4.78 is 33.5. The molecule has 0 unspecified atom stereocenters. The van der Waals surface area contributed by atoms with E-state index in [4.69, 9.17) is 4.74 Å². The molecule has 128 valence electrons. The maximum atomic E-state index is 12.7. The summed E-state index contributed by atoms with van der Waals surface area (Å²) in [5.41, 5.74) is 4.41. The van der Waals surface area contributed by atoms with Crippen LogP contribution < -0.4 is 9.46 Å².